The molecule has 0 atom stereocenters. The summed E-state index contributed by atoms with van der Waals surface area (Å²) >= 11 is 0. The lowest BCUT2D eigenvalue weighted by Gasteiger charge is -2.29. The van der Waals surface area contributed by atoms with Crippen molar-refractivity contribution >= 4 is 6.03 Å². The maximum absolute atomic E-state index is 12.4. The van der Waals surface area contributed by atoms with Gasteiger partial charge in [-0.15, -0.1) is 0 Å². The van der Waals surface area contributed by atoms with Gasteiger partial charge in [0.25, 0.3) is 0 Å². The van der Waals surface area contributed by atoms with E-state index in [2.05, 4.69) is 6.92 Å². The van der Waals surface area contributed by atoms with Crippen molar-refractivity contribution in [1.29, 1.82) is 0 Å². The molecule has 1 saturated heterocycles. The number of nitrogens with two attached hydrogens (primary N) is 1. The van der Waals surface area contributed by atoms with Crippen molar-refractivity contribution in [2.75, 3.05) is 32.7 Å². The molecular formula is C13H27N3O. The van der Waals surface area contributed by atoms with Crippen LogP contribution in [0.25, 0.3) is 0 Å². The van der Waals surface area contributed by atoms with Gasteiger partial charge in [0, 0.05) is 26.2 Å². The van der Waals surface area contributed by atoms with Crippen LogP contribution in [0.4, 0.5) is 4.79 Å². The van der Waals surface area contributed by atoms with Crippen LogP contribution in [-0.4, -0.2) is 48.6 Å². The minimum Gasteiger partial charge on any atom is -0.330 e. The number of urea groups is 1. The Morgan fingerprint density at radius 3 is 2.35 bits per heavy atom. The lowest BCUT2D eigenvalue weighted by molar-refractivity contribution is 0.154. The number of amides is 2. The summed E-state index contributed by atoms with van der Waals surface area (Å²) < 4.78 is 0. The molecule has 1 rings (SSSR count). The Morgan fingerprint density at radius 1 is 1.18 bits per heavy atom. The first-order valence-corrected chi connectivity index (χ1v) is 7.03. The topological polar surface area (TPSA) is 49.6 Å². The molecule has 0 aromatic carbocycles. The summed E-state index contributed by atoms with van der Waals surface area (Å²) in [5.74, 6) is 0. The summed E-state index contributed by atoms with van der Waals surface area (Å²) in [6.07, 6.45) is 6.76. The first-order chi connectivity index (χ1) is 8.29. The third-order valence-corrected chi connectivity index (χ3v) is 3.27. The molecule has 0 saturated carbocycles. The van der Waals surface area contributed by atoms with Gasteiger partial charge in [-0.3, -0.25) is 0 Å². The van der Waals surface area contributed by atoms with Crippen LogP contribution in [0.5, 0.6) is 0 Å². The standard InChI is InChI=1S/C13H27N3O/c1-2-9-15(12-7-8-14)13(17)16-10-5-3-4-6-11-16/h2-12,14H2,1H3. The first kappa shape index (κ1) is 14.3. The molecule has 0 unspecified atom stereocenters. The summed E-state index contributed by atoms with van der Waals surface area (Å²) in [6.45, 7) is 6.30. The number of carbonyl (C=O) groups is 1. The van der Waals surface area contributed by atoms with Crippen LogP contribution >= 0.6 is 0 Å². The highest BCUT2D eigenvalue weighted by molar-refractivity contribution is 5.74. The highest BCUT2D eigenvalue weighted by Crippen LogP contribution is 2.12. The molecule has 4 nitrogen and oxygen atoms in total. The second-order valence-electron chi connectivity index (χ2n) is 4.81. The van der Waals surface area contributed by atoms with Crippen LogP contribution in [0.1, 0.15) is 45.4 Å². The molecule has 0 aromatic heterocycles. The van der Waals surface area contributed by atoms with Gasteiger partial charge in [-0.05, 0) is 32.2 Å². The van der Waals surface area contributed by atoms with Crippen molar-refractivity contribution in [1.82, 2.24) is 9.80 Å². The fourth-order valence-corrected chi connectivity index (χ4v) is 2.32. The van der Waals surface area contributed by atoms with Crippen molar-refractivity contribution in [2.45, 2.75) is 45.4 Å². The van der Waals surface area contributed by atoms with Gasteiger partial charge in [0.2, 0.25) is 0 Å². The van der Waals surface area contributed by atoms with E-state index in [1.54, 1.807) is 0 Å². The molecule has 0 aliphatic carbocycles. The fourth-order valence-electron chi connectivity index (χ4n) is 2.32. The molecular weight excluding hydrogens is 214 g/mol. The molecule has 1 heterocycles. The zero-order valence-corrected chi connectivity index (χ0v) is 11.2. The van der Waals surface area contributed by atoms with E-state index in [9.17, 15) is 4.79 Å². The van der Waals surface area contributed by atoms with E-state index in [0.29, 0.717) is 6.54 Å². The molecule has 4 heteroatoms. The normalized spacial score (nSPS) is 16.7. The zero-order chi connectivity index (χ0) is 12.5. The van der Waals surface area contributed by atoms with Crippen molar-refractivity contribution in [2.24, 2.45) is 5.73 Å². The highest BCUT2D eigenvalue weighted by Gasteiger charge is 2.20. The summed E-state index contributed by atoms with van der Waals surface area (Å²) in [5.41, 5.74) is 5.53. The Labute approximate surface area is 105 Å². The lowest BCUT2D eigenvalue weighted by atomic mass is 10.2. The van der Waals surface area contributed by atoms with Gasteiger partial charge in [0.15, 0.2) is 0 Å². The average molecular weight is 241 g/mol. The number of hydrogen-bond acceptors (Lipinski definition) is 2. The monoisotopic (exact) mass is 241 g/mol. The largest absolute Gasteiger partial charge is 0.330 e. The van der Waals surface area contributed by atoms with Crippen LogP contribution in [0.3, 0.4) is 0 Å². The van der Waals surface area contributed by atoms with Gasteiger partial charge in [0.1, 0.15) is 0 Å². The highest BCUT2D eigenvalue weighted by atomic mass is 16.2. The Kier molecular flexibility index (Phi) is 7.01. The number of hydrogen-bond donors (Lipinski definition) is 1. The van der Waals surface area contributed by atoms with Gasteiger partial charge in [0.05, 0.1) is 0 Å². The molecule has 100 valence electrons. The van der Waals surface area contributed by atoms with Crippen molar-refractivity contribution < 1.29 is 4.79 Å². The quantitative estimate of drug-likeness (QED) is 0.801. The fraction of sp³-hybridized carbons (Fsp3) is 0.923. The maximum Gasteiger partial charge on any atom is 0.319 e. The minimum absolute atomic E-state index is 0.224. The van der Waals surface area contributed by atoms with E-state index in [1.165, 1.54) is 12.8 Å². The van der Waals surface area contributed by atoms with Gasteiger partial charge >= 0.3 is 6.03 Å². The third-order valence-electron chi connectivity index (χ3n) is 3.27. The van der Waals surface area contributed by atoms with Crippen LogP contribution in [0.15, 0.2) is 0 Å². The molecule has 2 amide bonds. The lowest BCUT2D eigenvalue weighted by Crippen LogP contribution is -2.44. The van der Waals surface area contributed by atoms with E-state index in [-0.39, 0.29) is 6.03 Å². The average Bonchev–Trinajstić information content (AvgIpc) is 2.62. The predicted octanol–water partition coefficient (Wildman–Crippen LogP) is 2.04. The van der Waals surface area contributed by atoms with Crippen LogP contribution in [0.2, 0.25) is 0 Å². The maximum atomic E-state index is 12.4. The summed E-state index contributed by atoms with van der Waals surface area (Å²) in [4.78, 5) is 16.4. The molecule has 0 bridgehead atoms. The van der Waals surface area contributed by atoms with E-state index >= 15 is 0 Å². The van der Waals surface area contributed by atoms with Crippen LogP contribution < -0.4 is 5.73 Å². The molecule has 2 N–H and O–H groups in total. The molecule has 0 radical (unpaired) electrons. The Morgan fingerprint density at radius 2 is 1.82 bits per heavy atom. The van der Waals surface area contributed by atoms with Gasteiger partial charge in [-0.25, -0.2) is 4.79 Å². The smallest absolute Gasteiger partial charge is 0.319 e. The molecule has 1 aliphatic rings. The first-order valence-electron chi connectivity index (χ1n) is 7.03. The van der Waals surface area contributed by atoms with Gasteiger partial charge in [-0.2, -0.15) is 0 Å². The van der Waals surface area contributed by atoms with Crippen molar-refractivity contribution in [3.8, 4) is 0 Å². The molecule has 0 spiro atoms. The summed E-state index contributed by atoms with van der Waals surface area (Å²) in [7, 11) is 0. The zero-order valence-electron chi connectivity index (χ0n) is 11.2. The Bertz CT molecular complexity index is 213. The van der Waals surface area contributed by atoms with Gasteiger partial charge < -0.3 is 15.5 Å². The number of nitrogens with zero attached hydrogens (tertiary/aromatic N) is 2. The van der Waals surface area contributed by atoms with Crippen LogP contribution in [0, 0.1) is 0 Å². The number of likely N-dealkylation sites (tertiary alicyclic amines) is 1. The predicted molar refractivity (Wildman–Crippen MR) is 71.0 cm³/mol. The summed E-state index contributed by atoms with van der Waals surface area (Å²) in [5, 5.41) is 0. The van der Waals surface area contributed by atoms with E-state index < -0.39 is 0 Å². The van der Waals surface area contributed by atoms with E-state index in [4.69, 9.17) is 5.73 Å². The van der Waals surface area contributed by atoms with Crippen molar-refractivity contribution in [3.63, 3.8) is 0 Å². The minimum atomic E-state index is 0.224. The number of carbonyl (C=O) groups excluding carboxylic acids is 1. The Hall–Kier alpha value is -0.770. The third kappa shape index (κ3) is 4.94. The molecule has 17 heavy (non-hydrogen) atoms. The van der Waals surface area contributed by atoms with Crippen molar-refractivity contribution in [3.05, 3.63) is 0 Å². The second kappa shape index (κ2) is 8.34. The summed E-state index contributed by atoms with van der Waals surface area (Å²) in [6, 6.07) is 0.224. The SMILES string of the molecule is CCCN(CCCN)C(=O)N1CCCCCC1. The number of rotatable bonds is 5. The molecule has 1 fully saturated rings. The Balaban J connectivity index is 2.48. The van der Waals surface area contributed by atoms with Crippen LogP contribution in [-0.2, 0) is 0 Å². The van der Waals surface area contributed by atoms with E-state index in [1.807, 2.05) is 9.80 Å². The molecule has 1 aliphatic heterocycles. The van der Waals surface area contributed by atoms with Gasteiger partial charge in [-0.1, -0.05) is 19.8 Å². The second-order valence-corrected chi connectivity index (χ2v) is 4.81. The van der Waals surface area contributed by atoms with E-state index in [0.717, 1.165) is 51.9 Å². The molecule has 0 aromatic rings.